The van der Waals surface area contributed by atoms with Gasteiger partial charge in [0.15, 0.2) is 0 Å². The first-order valence-corrected chi connectivity index (χ1v) is 6.70. The van der Waals surface area contributed by atoms with Crippen LogP contribution in [0.5, 0.6) is 0 Å². The van der Waals surface area contributed by atoms with Crippen LogP contribution >= 0.6 is 0 Å². The van der Waals surface area contributed by atoms with Crippen LogP contribution in [0, 0.1) is 11.7 Å². The van der Waals surface area contributed by atoms with Gasteiger partial charge < -0.3 is 9.88 Å². The van der Waals surface area contributed by atoms with Crippen LogP contribution in [0.25, 0.3) is 11.0 Å². The van der Waals surface area contributed by atoms with Crippen molar-refractivity contribution < 1.29 is 4.39 Å². The highest BCUT2D eigenvalue weighted by atomic mass is 19.1. The highest BCUT2D eigenvalue weighted by Crippen LogP contribution is 2.19. The molecule has 1 aliphatic rings. The minimum Gasteiger partial charge on any atom is -0.306 e. The van der Waals surface area contributed by atoms with E-state index in [-0.39, 0.29) is 11.5 Å². The van der Waals surface area contributed by atoms with Crippen LogP contribution in [-0.2, 0) is 6.54 Å². The third-order valence-electron chi connectivity index (χ3n) is 3.90. The SMILES string of the molecule is CN1CCCC(Cn2c(=O)[nH]c3cc(F)ccc32)C1. The number of nitrogens with one attached hydrogen (secondary N) is 1. The van der Waals surface area contributed by atoms with Gasteiger partial charge >= 0.3 is 5.69 Å². The monoisotopic (exact) mass is 263 g/mol. The van der Waals surface area contributed by atoms with Crippen molar-refractivity contribution in [2.45, 2.75) is 19.4 Å². The predicted molar refractivity (Wildman–Crippen MR) is 72.7 cm³/mol. The Morgan fingerprint density at radius 1 is 1.47 bits per heavy atom. The smallest absolute Gasteiger partial charge is 0.306 e. The van der Waals surface area contributed by atoms with Gasteiger partial charge in [-0.25, -0.2) is 9.18 Å². The maximum absolute atomic E-state index is 13.1. The van der Waals surface area contributed by atoms with Crippen molar-refractivity contribution in [2.75, 3.05) is 20.1 Å². The molecule has 0 saturated carbocycles. The third-order valence-corrected chi connectivity index (χ3v) is 3.90. The summed E-state index contributed by atoms with van der Waals surface area (Å²) >= 11 is 0. The lowest BCUT2D eigenvalue weighted by Gasteiger charge is -2.29. The highest BCUT2D eigenvalue weighted by molar-refractivity contribution is 5.75. The quantitative estimate of drug-likeness (QED) is 0.897. The van der Waals surface area contributed by atoms with Crippen LogP contribution in [0.2, 0.25) is 0 Å². The van der Waals surface area contributed by atoms with Gasteiger partial charge in [-0.2, -0.15) is 0 Å². The number of benzene rings is 1. The highest BCUT2D eigenvalue weighted by Gasteiger charge is 2.19. The molecule has 0 radical (unpaired) electrons. The van der Waals surface area contributed by atoms with Gasteiger partial charge in [0.2, 0.25) is 0 Å². The zero-order valence-corrected chi connectivity index (χ0v) is 11.0. The summed E-state index contributed by atoms with van der Waals surface area (Å²) in [4.78, 5) is 17.0. The Morgan fingerprint density at radius 3 is 3.11 bits per heavy atom. The zero-order chi connectivity index (χ0) is 13.4. The molecule has 2 heterocycles. The summed E-state index contributed by atoms with van der Waals surface area (Å²) in [5, 5.41) is 0. The zero-order valence-electron chi connectivity index (χ0n) is 11.0. The molecule has 1 aliphatic heterocycles. The Balaban J connectivity index is 1.92. The third kappa shape index (κ3) is 2.42. The largest absolute Gasteiger partial charge is 0.326 e. The van der Waals surface area contributed by atoms with Crippen LogP contribution in [0.15, 0.2) is 23.0 Å². The number of likely N-dealkylation sites (tertiary alicyclic amines) is 1. The summed E-state index contributed by atoms with van der Waals surface area (Å²) in [7, 11) is 2.11. The number of H-pyrrole nitrogens is 1. The molecule has 1 atom stereocenters. The number of halogens is 1. The van der Waals surface area contributed by atoms with Crippen molar-refractivity contribution in [1.29, 1.82) is 0 Å². The van der Waals surface area contributed by atoms with Gasteiger partial charge in [-0.15, -0.1) is 0 Å². The van der Waals surface area contributed by atoms with Gasteiger partial charge in [-0.1, -0.05) is 0 Å². The molecule has 0 amide bonds. The summed E-state index contributed by atoms with van der Waals surface area (Å²) in [6.45, 7) is 2.85. The molecule has 4 nitrogen and oxygen atoms in total. The molecule has 1 aromatic carbocycles. The second-order valence-corrected chi connectivity index (χ2v) is 5.47. The van der Waals surface area contributed by atoms with E-state index in [4.69, 9.17) is 0 Å². The molecule has 1 fully saturated rings. The normalized spacial score (nSPS) is 21.1. The van der Waals surface area contributed by atoms with E-state index in [1.807, 2.05) is 0 Å². The molecule has 1 N–H and O–H groups in total. The molecule has 1 unspecified atom stereocenters. The predicted octanol–water partition coefficient (Wildman–Crippen LogP) is 1.81. The Bertz CT molecular complexity index is 646. The van der Waals surface area contributed by atoms with Crippen LogP contribution in [-0.4, -0.2) is 34.6 Å². The molecule has 0 spiro atoms. The second-order valence-electron chi connectivity index (χ2n) is 5.47. The van der Waals surface area contributed by atoms with E-state index in [9.17, 15) is 9.18 Å². The molecule has 0 aliphatic carbocycles. The molecule has 1 aromatic heterocycles. The van der Waals surface area contributed by atoms with E-state index in [0.717, 1.165) is 25.0 Å². The van der Waals surface area contributed by atoms with E-state index in [2.05, 4.69) is 16.9 Å². The minimum atomic E-state index is -0.321. The average Bonchev–Trinajstić information content (AvgIpc) is 2.65. The van der Waals surface area contributed by atoms with Gasteiger partial charge in [0.25, 0.3) is 0 Å². The number of hydrogen-bond donors (Lipinski definition) is 1. The maximum atomic E-state index is 13.1. The number of aromatic amines is 1. The maximum Gasteiger partial charge on any atom is 0.326 e. The van der Waals surface area contributed by atoms with Crippen LogP contribution < -0.4 is 5.69 Å². The van der Waals surface area contributed by atoms with Crippen molar-refractivity contribution in [3.05, 3.63) is 34.5 Å². The number of piperidine rings is 1. The molecule has 5 heteroatoms. The van der Waals surface area contributed by atoms with E-state index in [0.29, 0.717) is 18.0 Å². The number of rotatable bonds is 2. The fraction of sp³-hybridized carbons (Fsp3) is 0.500. The van der Waals surface area contributed by atoms with Crippen molar-refractivity contribution in [2.24, 2.45) is 5.92 Å². The molecule has 0 bridgehead atoms. The van der Waals surface area contributed by atoms with Gasteiger partial charge in [0.05, 0.1) is 11.0 Å². The van der Waals surface area contributed by atoms with Gasteiger partial charge in [-0.3, -0.25) is 4.57 Å². The molecule has 3 rings (SSSR count). The minimum absolute atomic E-state index is 0.145. The first kappa shape index (κ1) is 12.4. The summed E-state index contributed by atoms with van der Waals surface area (Å²) in [5.41, 5.74) is 1.22. The lowest BCUT2D eigenvalue weighted by Crippen LogP contribution is -2.35. The van der Waals surface area contributed by atoms with E-state index < -0.39 is 0 Å². The van der Waals surface area contributed by atoms with Crippen molar-refractivity contribution in [3.63, 3.8) is 0 Å². The van der Waals surface area contributed by atoms with Gasteiger partial charge in [0, 0.05) is 13.1 Å². The van der Waals surface area contributed by atoms with Gasteiger partial charge in [-0.05, 0) is 50.6 Å². The summed E-state index contributed by atoms with van der Waals surface area (Å²) < 4.78 is 14.9. The Kier molecular flexibility index (Phi) is 3.14. The number of aromatic nitrogens is 2. The number of hydrogen-bond acceptors (Lipinski definition) is 2. The van der Waals surface area contributed by atoms with Crippen LogP contribution in [0.1, 0.15) is 12.8 Å². The lowest BCUT2D eigenvalue weighted by molar-refractivity contribution is 0.194. The van der Waals surface area contributed by atoms with Crippen molar-refractivity contribution in [1.82, 2.24) is 14.5 Å². The summed E-state index contributed by atoms with van der Waals surface area (Å²) in [6, 6.07) is 4.45. The standard InChI is InChI=1S/C14H18FN3O/c1-17-6-2-3-10(8-17)9-18-13-5-4-11(15)7-12(13)16-14(18)19/h4-5,7,10H,2-3,6,8-9H2,1H3,(H,16,19). The van der Waals surface area contributed by atoms with Crippen LogP contribution in [0.3, 0.4) is 0 Å². The second kappa shape index (κ2) is 4.81. The van der Waals surface area contributed by atoms with Gasteiger partial charge in [0.1, 0.15) is 5.82 Å². The molecule has 1 saturated heterocycles. The number of fused-ring (bicyclic) bond motifs is 1. The molecule has 102 valence electrons. The van der Waals surface area contributed by atoms with Crippen molar-refractivity contribution >= 4 is 11.0 Å². The van der Waals surface area contributed by atoms with Crippen LogP contribution in [0.4, 0.5) is 4.39 Å². The molecular formula is C14H18FN3O. The Morgan fingerprint density at radius 2 is 2.32 bits per heavy atom. The topological polar surface area (TPSA) is 41.0 Å². The number of imidazole rings is 1. The summed E-state index contributed by atoms with van der Waals surface area (Å²) in [5.74, 6) is 0.166. The Hall–Kier alpha value is -1.62. The molecular weight excluding hydrogens is 245 g/mol. The fourth-order valence-electron chi connectivity index (χ4n) is 3.00. The Labute approximate surface area is 110 Å². The average molecular weight is 263 g/mol. The van der Waals surface area contributed by atoms with E-state index in [1.54, 1.807) is 10.6 Å². The van der Waals surface area contributed by atoms with E-state index >= 15 is 0 Å². The van der Waals surface area contributed by atoms with Crippen molar-refractivity contribution in [3.8, 4) is 0 Å². The summed E-state index contributed by atoms with van der Waals surface area (Å²) in [6.07, 6.45) is 2.32. The molecule has 19 heavy (non-hydrogen) atoms. The fourth-order valence-corrected chi connectivity index (χ4v) is 3.00. The lowest BCUT2D eigenvalue weighted by atomic mass is 9.98. The van der Waals surface area contributed by atoms with E-state index in [1.165, 1.54) is 18.6 Å². The first-order valence-electron chi connectivity index (χ1n) is 6.70. The molecule has 2 aromatic rings. The first-order chi connectivity index (χ1) is 9.13. The number of nitrogens with zero attached hydrogens (tertiary/aromatic N) is 2.